The molecule has 0 radical (unpaired) electrons. The van der Waals surface area contributed by atoms with Crippen LogP contribution in [0, 0.1) is 11.7 Å². The Hall–Kier alpha value is -1.09. The van der Waals surface area contributed by atoms with E-state index in [-0.39, 0.29) is 5.82 Å². The third-order valence-corrected chi connectivity index (χ3v) is 2.59. The monoisotopic (exact) mass is 210 g/mol. The van der Waals surface area contributed by atoms with Crippen LogP contribution in [0.25, 0.3) is 0 Å². The molecule has 1 atom stereocenters. The Kier molecular flexibility index (Phi) is 2.91. The quantitative estimate of drug-likeness (QED) is 0.827. The van der Waals surface area contributed by atoms with Gasteiger partial charge >= 0.3 is 0 Å². The summed E-state index contributed by atoms with van der Waals surface area (Å²) in [4.78, 5) is 0. The number of hydrogen-bond acceptors (Lipinski definition) is 2. The standard InChI is InChI=1S/C12H15FO2/c1-8(14)11-6-10(13)4-5-12(11)15-7-9-2-3-9/h4-6,8-9,14H,2-3,7H2,1H3/t8-/m1/s1. The maximum Gasteiger partial charge on any atom is 0.125 e. The molecule has 0 saturated heterocycles. The van der Waals surface area contributed by atoms with Crippen LogP contribution in [0.3, 0.4) is 0 Å². The molecule has 0 amide bonds. The summed E-state index contributed by atoms with van der Waals surface area (Å²) in [6.07, 6.45) is 1.73. The molecule has 0 unspecified atom stereocenters. The SMILES string of the molecule is C[C@@H](O)c1cc(F)ccc1OCC1CC1. The Morgan fingerprint density at radius 1 is 1.53 bits per heavy atom. The van der Waals surface area contributed by atoms with Crippen LogP contribution in [0.4, 0.5) is 4.39 Å². The highest BCUT2D eigenvalue weighted by Crippen LogP contribution is 2.32. The van der Waals surface area contributed by atoms with E-state index in [0.717, 1.165) is 0 Å². The van der Waals surface area contributed by atoms with Crippen LogP contribution in [0.2, 0.25) is 0 Å². The number of benzene rings is 1. The van der Waals surface area contributed by atoms with E-state index in [1.807, 2.05) is 0 Å². The molecule has 1 fully saturated rings. The van der Waals surface area contributed by atoms with Gasteiger partial charge in [0.2, 0.25) is 0 Å². The van der Waals surface area contributed by atoms with Gasteiger partial charge < -0.3 is 9.84 Å². The Labute approximate surface area is 88.7 Å². The van der Waals surface area contributed by atoms with Gasteiger partial charge in [0, 0.05) is 5.56 Å². The van der Waals surface area contributed by atoms with Crippen molar-refractivity contribution in [2.75, 3.05) is 6.61 Å². The highest BCUT2D eigenvalue weighted by Gasteiger charge is 2.22. The molecule has 82 valence electrons. The van der Waals surface area contributed by atoms with Gasteiger partial charge in [-0.15, -0.1) is 0 Å². The minimum absolute atomic E-state index is 0.343. The fourth-order valence-corrected chi connectivity index (χ4v) is 1.47. The first-order valence-corrected chi connectivity index (χ1v) is 5.27. The lowest BCUT2D eigenvalue weighted by molar-refractivity contribution is 0.189. The summed E-state index contributed by atoms with van der Waals surface area (Å²) in [5.74, 6) is 0.903. The predicted octanol–water partition coefficient (Wildman–Crippen LogP) is 2.67. The summed E-state index contributed by atoms with van der Waals surface area (Å²) in [7, 11) is 0. The second-order valence-electron chi connectivity index (χ2n) is 4.11. The van der Waals surface area contributed by atoms with Gasteiger partial charge in [0.25, 0.3) is 0 Å². The average Bonchev–Trinajstić information content (AvgIpc) is 2.99. The van der Waals surface area contributed by atoms with Crippen molar-refractivity contribution >= 4 is 0 Å². The average molecular weight is 210 g/mol. The zero-order valence-electron chi connectivity index (χ0n) is 8.74. The minimum Gasteiger partial charge on any atom is -0.493 e. The molecular formula is C12H15FO2. The molecule has 1 saturated carbocycles. The highest BCUT2D eigenvalue weighted by molar-refractivity contribution is 5.35. The van der Waals surface area contributed by atoms with Crippen LogP contribution in [0.1, 0.15) is 31.4 Å². The molecule has 2 nitrogen and oxygen atoms in total. The van der Waals surface area contributed by atoms with Crippen LogP contribution in [0.15, 0.2) is 18.2 Å². The summed E-state index contributed by atoms with van der Waals surface area (Å²) in [6, 6.07) is 4.26. The first kappa shape index (κ1) is 10.4. The van der Waals surface area contributed by atoms with Crippen LogP contribution in [-0.2, 0) is 0 Å². The summed E-state index contributed by atoms with van der Waals surface area (Å²) in [5.41, 5.74) is 0.524. The van der Waals surface area contributed by atoms with E-state index >= 15 is 0 Å². The molecule has 0 aliphatic heterocycles. The van der Waals surface area contributed by atoms with Crippen molar-refractivity contribution in [3.05, 3.63) is 29.6 Å². The Balaban J connectivity index is 2.12. The maximum atomic E-state index is 13.0. The van der Waals surface area contributed by atoms with Crippen LogP contribution in [0.5, 0.6) is 5.75 Å². The van der Waals surface area contributed by atoms with E-state index in [1.54, 1.807) is 13.0 Å². The topological polar surface area (TPSA) is 29.5 Å². The Bertz CT molecular complexity index is 345. The Morgan fingerprint density at radius 2 is 2.27 bits per heavy atom. The number of rotatable bonds is 4. The van der Waals surface area contributed by atoms with Crippen molar-refractivity contribution in [3.63, 3.8) is 0 Å². The van der Waals surface area contributed by atoms with Crippen molar-refractivity contribution in [2.24, 2.45) is 5.92 Å². The van der Waals surface area contributed by atoms with Crippen molar-refractivity contribution in [1.29, 1.82) is 0 Å². The van der Waals surface area contributed by atoms with Gasteiger partial charge in [-0.1, -0.05) is 0 Å². The zero-order valence-corrected chi connectivity index (χ0v) is 8.74. The normalized spacial score (nSPS) is 17.5. The van der Waals surface area contributed by atoms with E-state index in [1.165, 1.54) is 25.0 Å². The van der Waals surface area contributed by atoms with Crippen LogP contribution >= 0.6 is 0 Å². The zero-order chi connectivity index (χ0) is 10.8. The van der Waals surface area contributed by atoms with Crippen LogP contribution in [-0.4, -0.2) is 11.7 Å². The van der Waals surface area contributed by atoms with Gasteiger partial charge in [0.15, 0.2) is 0 Å². The van der Waals surface area contributed by atoms with Gasteiger partial charge in [0.1, 0.15) is 11.6 Å². The van der Waals surface area contributed by atoms with E-state index < -0.39 is 6.10 Å². The molecule has 0 spiro atoms. The van der Waals surface area contributed by atoms with Gasteiger partial charge in [-0.2, -0.15) is 0 Å². The molecular weight excluding hydrogens is 195 g/mol. The molecule has 15 heavy (non-hydrogen) atoms. The molecule has 1 N–H and O–H groups in total. The van der Waals surface area contributed by atoms with Crippen LogP contribution < -0.4 is 4.74 Å². The molecule has 0 bridgehead atoms. The second kappa shape index (κ2) is 4.19. The Morgan fingerprint density at radius 3 is 2.87 bits per heavy atom. The van der Waals surface area contributed by atoms with Gasteiger partial charge in [0.05, 0.1) is 12.7 Å². The molecule has 1 aromatic carbocycles. The number of hydrogen-bond donors (Lipinski definition) is 1. The lowest BCUT2D eigenvalue weighted by Gasteiger charge is -2.13. The molecule has 1 aromatic rings. The lowest BCUT2D eigenvalue weighted by atomic mass is 10.1. The van der Waals surface area contributed by atoms with E-state index in [0.29, 0.717) is 23.8 Å². The van der Waals surface area contributed by atoms with E-state index in [9.17, 15) is 9.50 Å². The number of halogens is 1. The first-order chi connectivity index (χ1) is 7.16. The van der Waals surface area contributed by atoms with Crippen molar-refractivity contribution in [2.45, 2.75) is 25.9 Å². The molecule has 3 heteroatoms. The van der Waals surface area contributed by atoms with Crippen molar-refractivity contribution in [3.8, 4) is 5.75 Å². The van der Waals surface area contributed by atoms with Gasteiger partial charge in [-0.05, 0) is 43.9 Å². The molecule has 1 aliphatic rings. The van der Waals surface area contributed by atoms with E-state index in [2.05, 4.69) is 0 Å². The van der Waals surface area contributed by atoms with Crippen molar-refractivity contribution < 1.29 is 14.2 Å². The summed E-state index contributed by atoms with van der Waals surface area (Å²) in [5, 5.41) is 9.46. The second-order valence-corrected chi connectivity index (χ2v) is 4.11. The summed E-state index contributed by atoms with van der Waals surface area (Å²) in [6.45, 7) is 2.28. The lowest BCUT2D eigenvalue weighted by Crippen LogP contribution is -2.04. The fraction of sp³-hybridized carbons (Fsp3) is 0.500. The third-order valence-electron chi connectivity index (χ3n) is 2.59. The molecule has 0 aromatic heterocycles. The molecule has 2 rings (SSSR count). The fourth-order valence-electron chi connectivity index (χ4n) is 1.47. The third kappa shape index (κ3) is 2.69. The van der Waals surface area contributed by atoms with E-state index in [4.69, 9.17) is 4.74 Å². The molecule has 0 heterocycles. The summed E-state index contributed by atoms with van der Waals surface area (Å²) < 4.78 is 18.5. The number of aliphatic hydroxyl groups is 1. The maximum absolute atomic E-state index is 13.0. The minimum atomic E-state index is -0.699. The molecule has 1 aliphatic carbocycles. The number of aliphatic hydroxyl groups excluding tert-OH is 1. The van der Waals surface area contributed by atoms with Gasteiger partial charge in [-0.3, -0.25) is 0 Å². The number of ether oxygens (including phenoxy) is 1. The van der Waals surface area contributed by atoms with Crippen molar-refractivity contribution in [1.82, 2.24) is 0 Å². The highest BCUT2D eigenvalue weighted by atomic mass is 19.1. The smallest absolute Gasteiger partial charge is 0.125 e. The predicted molar refractivity (Wildman–Crippen MR) is 55.3 cm³/mol. The first-order valence-electron chi connectivity index (χ1n) is 5.27. The largest absolute Gasteiger partial charge is 0.493 e. The van der Waals surface area contributed by atoms with Gasteiger partial charge in [-0.25, -0.2) is 4.39 Å². The summed E-state index contributed by atoms with van der Waals surface area (Å²) >= 11 is 0.